The lowest BCUT2D eigenvalue weighted by Gasteiger charge is -2.17. The normalized spacial score (nSPS) is 11.4. The largest absolute Gasteiger partial charge is 0.478 e. The molecule has 1 N–H and O–H groups in total. The van der Waals surface area contributed by atoms with Gasteiger partial charge in [0.2, 0.25) is 0 Å². The van der Waals surface area contributed by atoms with Crippen LogP contribution in [-0.2, 0) is 0 Å². The smallest absolute Gasteiger partial charge is 0.338 e. The van der Waals surface area contributed by atoms with Crippen molar-refractivity contribution in [2.75, 3.05) is 0 Å². The van der Waals surface area contributed by atoms with E-state index in [4.69, 9.17) is 5.11 Å². The summed E-state index contributed by atoms with van der Waals surface area (Å²) in [4.78, 5) is 14.9. The zero-order valence-electron chi connectivity index (χ0n) is 8.44. The van der Waals surface area contributed by atoms with Crippen LogP contribution in [0.3, 0.4) is 0 Å². The molecule has 4 heteroatoms. The maximum Gasteiger partial charge on any atom is 0.338 e. The van der Waals surface area contributed by atoms with E-state index in [-0.39, 0.29) is 10.3 Å². The van der Waals surface area contributed by atoms with Crippen LogP contribution < -0.4 is 0 Å². The first kappa shape index (κ1) is 11.0. The van der Waals surface area contributed by atoms with Gasteiger partial charge in [-0.25, -0.2) is 9.78 Å². The molecular formula is C10H13NO2S. The van der Waals surface area contributed by atoms with Crippen LogP contribution >= 0.6 is 11.8 Å². The quantitative estimate of drug-likeness (QED) is 0.764. The van der Waals surface area contributed by atoms with Gasteiger partial charge in [0, 0.05) is 10.9 Å². The highest BCUT2D eigenvalue weighted by molar-refractivity contribution is 8.00. The van der Waals surface area contributed by atoms with Crippen molar-refractivity contribution in [3.8, 4) is 0 Å². The van der Waals surface area contributed by atoms with Crippen molar-refractivity contribution < 1.29 is 9.90 Å². The van der Waals surface area contributed by atoms with Crippen molar-refractivity contribution in [3.05, 3.63) is 23.9 Å². The number of rotatable bonds is 2. The van der Waals surface area contributed by atoms with E-state index in [1.165, 1.54) is 11.8 Å². The minimum Gasteiger partial charge on any atom is -0.478 e. The molecular weight excluding hydrogens is 198 g/mol. The number of aromatic nitrogens is 1. The third-order valence-corrected chi connectivity index (χ3v) is 2.54. The van der Waals surface area contributed by atoms with E-state index in [0.717, 1.165) is 0 Å². The van der Waals surface area contributed by atoms with Crippen molar-refractivity contribution >= 4 is 17.7 Å². The van der Waals surface area contributed by atoms with Crippen LogP contribution in [0.25, 0.3) is 0 Å². The fourth-order valence-corrected chi connectivity index (χ4v) is 1.88. The SMILES string of the molecule is CC(C)(C)Sc1ncccc1C(=O)O. The predicted molar refractivity (Wildman–Crippen MR) is 56.8 cm³/mol. The van der Waals surface area contributed by atoms with Crippen molar-refractivity contribution in [3.63, 3.8) is 0 Å². The Balaban J connectivity index is 3.02. The Kier molecular flexibility index (Phi) is 3.16. The van der Waals surface area contributed by atoms with Crippen LogP contribution in [0.15, 0.2) is 23.4 Å². The third-order valence-electron chi connectivity index (χ3n) is 1.40. The summed E-state index contributed by atoms with van der Waals surface area (Å²) in [5.74, 6) is -0.926. The van der Waals surface area contributed by atoms with E-state index >= 15 is 0 Å². The molecule has 0 aliphatic rings. The number of thioether (sulfide) groups is 1. The summed E-state index contributed by atoms with van der Waals surface area (Å²) in [7, 11) is 0. The summed E-state index contributed by atoms with van der Waals surface area (Å²) in [6.45, 7) is 6.08. The average Bonchev–Trinajstić information content (AvgIpc) is 2.01. The molecule has 1 aromatic heterocycles. The zero-order valence-corrected chi connectivity index (χ0v) is 9.26. The molecule has 0 spiro atoms. The number of carboxylic acid groups (broad SMARTS) is 1. The lowest BCUT2D eigenvalue weighted by atomic mass is 10.3. The van der Waals surface area contributed by atoms with Crippen molar-refractivity contribution in [1.82, 2.24) is 4.98 Å². The van der Waals surface area contributed by atoms with Crippen LogP contribution in [0.2, 0.25) is 0 Å². The van der Waals surface area contributed by atoms with Gasteiger partial charge in [0.15, 0.2) is 0 Å². The molecule has 76 valence electrons. The summed E-state index contributed by atoms with van der Waals surface area (Å²) in [6.07, 6.45) is 1.61. The van der Waals surface area contributed by atoms with Gasteiger partial charge in [0.25, 0.3) is 0 Å². The molecule has 0 saturated carbocycles. The molecule has 1 aromatic rings. The van der Waals surface area contributed by atoms with Gasteiger partial charge in [-0.05, 0) is 12.1 Å². The molecule has 0 aliphatic carbocycles. The highest BCUT2D eigenvalue weighted by atomic mass is 32.2. The van der Waals surface area contributed by atoms with Crippen LogP contribution in [0, 0.1) is 0 Å². The Bertz CT molecular complexity index is 344. The molecule has 14 heavy (non-hydrogen) atoms. The molecule has 1 rings (SSSR count). The first-order chi connectivity index (χ1) is 6.40. The highest BCUT2D eigenvalue weighted by Gasteiger charge is 2.18. The Hall–Kier alpha value is -1.03. The maximum absolute atomic E-state index is 10.9. The van der Waals surface area contributed by atoms with E-state index in [2.05, 4.69) is 4.98 Å². The Labute approximate surface area is 87.6 Å². The predicted octanol–water partition coefficient (Wildman–Crippen LogP) is 2.67. The van der Waals surface area contributed by atoms with E-state index in [1.54, 1.807) is 18.3 Å². The summed E-state index contributed by atoms with van der Waals surface area (Å²) < 4.78 is -0.0292. The van der Waals surface area contributed by atoms with Gasteiger partial charge in [0.1, 0.15) is 5.03 Å². The molecule has 1 heterocycles. The van der Waals surface area contributed by atoms with E-state index < -0.39 is 5.97 Å². The molecule has 0 bridgehead atoms. The van der Waals surface area contributed by atoms with Gasteiger partial charge in [-0.3, -0.25) is 0 Å². The fraction of sp³-hybridized carbons (Fsp3) is 0.400. The summed E-state index contributed by atoms with van der Waals surface area (Å²) in [6, 6.07) is 3.21. The monoisotopic (exact) mass is 211 g/mol. The molecule has 0 unspecified atom stereocenters. The average molecular weight is 211 g/mol. The van der Waals surface area contributed by atoms with Crippen molar-refractivity contribution in [2.45, 2.75) is 30.5 Å². The lowest BCUT2D eigenvalue weighted by Crippen LogP contribution is -2.10. The maximum atomic E-state index is 10.9. The van der Waals surface area contributed by atoms with Gasteiger partial charge in [-0.2, -0.15) is 0 Å². The van der Waals surface area contributed by atoms with Crippen molar-refractivity contribution in [2.24, 2.45) is 0 Å². The number of carboxylic acids is 1. The molecule has 0 radical (unpaired) electrons. The molecule has 0 atom stereocenters. The number of pyridine rings is 1. The minimum absolute atomic E-state index is 0.0292. The first-order valence-electron chi connectivity index (χ1n) is 4.27. The number of hydrogen-bond acceptors (Lipinski definition) is 3. The van der Waals surface area contributed by atoms with Crippen LogP contribution in [0.1, 0.15) is 31.1 Å². The third kappa shape index (κ3) is 3.03. The Morgan fingerprint density at radius 3 is 2.64 bits per heavy atom. The second-order valence-electron chi connectivity index (χ2n) is 3.88. The van der Waals surface area contributed by atoms with E-state index in [0.29, 0.717) is 5.03 Å². The van der Waals surface area contributed by atoms with Gasteiger partial charge in [-0.1, -0.05) is 32.5 Å². The topological polar surface area (TPSA) is 50.2 Å². The number of nitrogens with zero attached hydrogens (tertiary/aromatic N) is 1. The lowest BCUT2D eigenvalue weighted by molar-refractivity contribution is 0.0692. The van der Waals surface area contributed by atoms with Crippen LogP contribution in [-0.4, -0.2) is 20.8 Å². The number of carbonyl (C=O) groups is 1. The molecule has 0 aliphatic heterocycles. The fourth-order valence-electron chi connectivity index (χ4n) is 0.925. The minimum atomic E-state index is -0.926. The summed E-state index contributed by atoms with van der Waals surface area (Å²) in [5, 5.41) is 9.49. The van der Waals surface area contributed by atoms with Crippen LogP contribution in [0.5, 0.6) is 0 Å². The van der Waals surface area contributed by atoms with Crippen molar-refractivity contribution in [1.29, 1.82) is 0 Å². The molecule has 0 amide bonds. The van der Waals surface area contributed by atoms with E-state index in [9.17, 15) is 4.79 Å². The standard InChI is InChI=1S/C10H13NO2S/c1-10(2,3)14-8-7(9(12)13)5-4-6-11-8/h4-6H,1-3H3,(H,12,13). The van der Waals surface area contributed by atoms with Gasteiger partial charge in [-0.15, -0.1) is 0 Å². The zero-order chi connectivity index (χ0) is 10.8. The van der Waals surface area contributed by atoms with Gasteiger partial charge < -0.3 is 5.11 Å². The molecule has 0 saturated heterocycles. The molecule has 3 nitrogen and oxygen atoms in total. The van der Waals surface area contributed by atoms with Gasteiger partial charge in [0.05, 0.1) is 5.56 Å². The molecule has 0 fully saturated rings. The number of aromatic carboxylic acids is 1. The van der Waals surface area contributed by atoms with Crippen LogP contribution in [0.4, 0.5) is 0 Å². The Morgan fingerprint density at radius 2 is 2.14 bits per heavy atom. The Morgan fingerprint density at radius 1 is 1.50 bits per heavy atom. The first-order valence-corrected chi connectivity index (χ1v) is 5.09. The van der Waals surface area contributed by atoms with Gasteiger partial charge >= 0.3 is 5.97 Å². The highest BCUT2D eigenvalue weighted by Crippen LogP contribution is 2.32. The second kappa shape index (κ2) is 4.00. The molecule has 0 aromatic carbocycles. The number of hydrogen-bond donors (Lipinski definition) is 1. The van der Waals surface area contributed by atoms with E-state index in [1.807, 2.05) is 20.8 Å². The summed E-state index contributed by atoms with van der Waals surface area (Å²) >= 11 is 1.46. The second-order valence-corrected chi connectivity index (χ2v) is 5.69. The summed E-state index contributed by atoms with van der Waals surface area (Å²) in [5.41, 5.74) is 0.271.